The molecular weight excluding hydrogens is 256 g/mol. The van der Waals surface area contributed by atoms with Gasteiger partial charge in [-0.2, -0.15) is 0 Å². The standard InChI is InChI=1S/C16H20O4/c1-3-19-14(17)16(15(20-16)10-4-5-11-15)12-6-8-13(18-2)9-7-12/h6-9H,3-5,10-11H2,1-2H3. The lowest BCUT2D eigenvalue weighted by atomic mass is 9.85. The molecule has 1 atom stereocenters. The van der Waals surface area contributed by atoms with Gasteiger partial charge in [-0.05, 0) is 37.5 Å². The summed E-state index contributed by atoms with van der Waals surface area (Å²) >= 11 is 0. The second-order valence-electron chi connectivity index (χ2n) is 5.43. The lowest BCUT2D eigenvalue weighted by molar-refractivity contribution is -0.150. The van der Waals surface area contributed by atoms with Gasteiger partial charge in [0.25, 0.3) is 0 Å². The molecule has 0 radical (unpaired) electrons. The quantitative estimate of drug-likeness (QED) is 0.626. The van der Waals surface area contributed by atoms with Gasteiger partial charge in [-0.1, -0.05) is 25.0 Å². The summed E-state index contributed by atoms with van der Waals surface area (Å²) in [5.74, 6) is 0.515. The number of benzene rings is 1. The zero-order valence-electron chi connectivity index (χ0n) is 12.0. The van der Waals surface area contributed by atoms with Gasteiger partial charge in [0.15, 0.2) is 0 Å². The van der Waals surface area contributed by atoms with E-state index < -0.39 is 5.60 Å². The van der Waals surface area contributed by atoms with Crippen LogP contribution in [0, 0.1) is 0 Å². The van der Waals surface area contributed by atoms with Crippen LogP contribution in [0.4, 0.5) is 0 Å². The van der Waals surface area contributed by atoms with Crippen LogP contribution in [-0.2, 0) is 19.9 Å². The van der Waals surface area contributed by atoms with Gasteiger partial charge in [0.1, 0.15) is 11.4 Å². The zero-order chi connectivity index (χ0) is 14.2. The van der Waals surface area contributed by atoms with Crippen LogP contribution in [0.25, 0.3) is 0 Å². The van der Waals surface area contributed by atoms with Gasteiger partial charge in [0.2, 0.25) is 5.60 Å². The van der Waals surface area contributed by atoms with Gasteiger partial charge in [0, 0.05) is 0 Å². The Morgan fingerprint density at radius 3 is 2.45 bits per heavy atom. The molecular formula is C16H20O4. The molecule has 0 bridgehead atoms. The van der Waals surface area contributed by atoms with Gasteiger partial charge in [-0.15, -0.1) is 0 Å². The molecule has 1 aliphatic carbocycles. The van der Waals surface area contributed by atoms with Crippen LogP contribution < -0.4 is 4.74 Å². The average molecular weight is 276 g/mol. The van der Waals surface area contributed by atoms with Crippen LogP contribution in [0.5, 0.6) is 5.75 Å². The van der Waals surface area contributed by atoms with E-state index in [-0.39, 0.29) is 11.6 Å². The fourth-order valence-corrected chi connectivity index (χ4v) is 3.39. The fourth-order valence-electron chi connectivity index (χ4n) is 3.39. The van der Waals surface area contributed by atoms with E-state index in [0.29, 0.717) is 6.61 Å². The predicted octanol–water partition coefficient (Wildman–Crippen LogP) is 2.80. The fraction of sp³-hybridized carbons (Fsp3) is 0.562. The molecule has 3 rings (SSSR count). The molecule has 1 heterocycles. The van der Waals surface area contributed by atoms with Crippen molar-refractivity contribution in [2.75, 3.05) is 13.7 Å². The Balaban J connectivity index is 1.96. The van der Waals surface area contributed by atoms with Crippen molar-refractivity contribution < 1.29 is 19.0 Å². The van der Waals surface area contributed by atoms with Gasteiger partial charge in [0.05, 0.1) is 13.7 Å². The Morgan fingerprint density at radius 1 is 1.25 bits per heavy atom. The van der Waals surface area contributed by atoms with E-state index in [1.807, 2.05) is 31.2 Å². The molecule has 4 heteroatoms. The summed E-state index contributed by atoms with van der Waals surface area (Å²) in [7, 11) is 1.63. The Labute approximate surface area is 119 Å². The summed E-state index contributed by atoms with van der Waals surface area (Å²) in [4.78, 5) is 12.5. The number of carbonyl (C=O) groups excluding carboxylic acids is 1. The Bertz CT molecular complexity index is 502. The highest BCUT2D eigenvalue weighted by Gasteiger charge is 2.76. The summed E-state index contributed by atoms with van der Waals surface area (Å²) in [6.45, 7) is 2.19. The first-order chi connectivity index (χ1) is 9.68. The van der Waals surface area contributed by atoms with Gasteiger partial charge < -0.3 is 14.2 Å². The molecule has 1 aromatic carbocycles. The zero-order valence-corrected chi connectivity index (χ0v) is 12.0. The van der Waals surface area contributed by atoms with Crippen molar-refractivity contribution in [3.63, 3.8) is 0 Å². The van der Waals surface area contributed by atoms with Crippen molar-refractivity contribution in [1.82, 2.24) is 0 Å². The minimum Gasteiger partial charge on any atom is -0.497 e. The van der Waals surface area contributed by atoms with Crippen molar-refractivity contribution in [3.05, 3.63) is 29.8 Å². The molecule has 108 valence electrons. The van der Waals surface area contributed by atoms with Gasteiger partial charge in [-0.3, -0.25) is 0 Å². The predicted molar refractivity (Wildman–Crippen MR) is 73.6 cm³/mol. The Hall–Kier alpha value is -1.55. The lowest BCUT2D eigenvalue weighted by Gasteiger charge is -2.16. The molecule has 2 aliphatic rings. The smallest absolute Gasteiger partial charge is 0.346 e. The largest absolute Gasteiger partial charge is 0.497 e. The SMILES string of the molecule is CCOC(=O)C1(c2ccc(OC)cc2)OC12CCCC2. The lowest BCUT2D eigenvalue weighted by Crippen LogP contribution is -2.32. The van der Waals surface area contributed by atoms with Crippen molar-refractivity contribution >= 4 is 5.97 Å². The van der Waals surface area contributed by atoms with Crippen LogP contribution in [-0.4, -0.2) is 25.3 Å². The van der Waals surface area contributed by atoms with Gasteiger partial charge in [-0.25, -0.2) is 4.79 Å². The maximum atomic E-state index is 12.5. The monoisotopic (exact) mass is 276 g/mol. The normalized spacial score (nSPS) is 26.5. The van der Waals surface area contributed by atoms with Crippen LogP contribution in [0.1, 0.15) is 38.2 Å². The average Bonchev–Trinajstić information content (AvgIpc) is 2.88. The molecule has 1 saturated heterocycles. The molecule has 1 aliphatic heterocycles. The number of hydrogen-bond acceptors (Lipinski definition) is 4. The van der Waals surface area contributed by atoms with Crippen LogP contribution in [0.2, 0.25) is 0 Å². The molecule has 0 aromatic heterocycles. The first-order valence-corrected chi connectivity index (χ1v) is 7.20. The van der Waals surface area contributed by atoms with Crippen molar-refractivity contribution in [1.29, 1.82) is 0 Å². The highest BCUT2D eigenvalue weighted by atomic mass is 16.7. The van der Waals surface area contributed by atoms with Crippen LogP contribution in [0.15, 0.2) is 24.3 Å². The summed E-state index contributed by atoms with van der Waals surface area (Å²) in [6, 6.07) is 7.53. The minimum absolute atomic E-state index is 0.257. The number of ether oxygens (including phenoxy) is 3. The maximum absolute atomic E-state index is 12.5. The highest BCUT2D eigenvalue weighted by molar-refractivity contribution is 5.87. The van der Waals surface area contributed by atoms with Gasteiger partial charge >= 0.3 is 5.97 Å². The molecule has 4 nitrogen and oxygen atoms in total. The van der Waals surface area contributed by atoms with Crippen molar-refractivity contribution in [2.24, 2.45) is 0 Å². The number of epoxide rings is 1. The van der Waals surface area contributed by atoms with E-state index in [2.05, 4.69) is 0 Å². The molecule has 1 saturated carbocycles. The molecule has 1 aromatic rings. The highest BCUT2D eigenvalue weighted by Crippen LogP contribution is 2.64. The summed E-state index contributed by atoms with van der Waals surface area (Å²) in [5, 5.41) is 0. The number of hydrogen-bond donors (Lipinski definition) is 0. The molecule has 20 heavy (non-hydrogen) atoms. The first kappa shape index (κ1) is 13.4. The van der Waals surface area contributed by atoms with E-state index in [4.69, 9.17) is 14.2 Å². The Kier molecular flexibility index (Phi) is 3.21. The second kappa shape index (κ2) is 4.77. The molecule has 1 spiro atoms. The maximum Gasteiger partial charge on any atom is 0.346 e. The second-order valence-corrected chi connectivity index (χ2v) is 5.43. The number of carbonyl (C=O) groups is 1. The molecule has 0 amide bonds. The van der Waals surface area contributed by atoms with E-state index in [9.17, 15) is 4.79 Å². The number of methoxy groups -OCH3 is 1. The summed E-state index contributed by atoms with van der Waals surface area (Å²) < 4.78 is 16.5. The van der Waals surface area contributed by atoms with Crippen molar-refractivity contribution in [2.45, 2.75) is 43.8 Å². The van der Waals surface area contributed by atoms with E-state index in [0.717, 1.165) is 37.0 Å². The third-order valence-corrected chi connectivity index (χ3v) is 4.42. The third-order valence-electron chi connectivity index (χ3n) is 4.42. The minimum atomic E-state index is -0.897. The summed E-state index contributed by atoms with van der Waals surface area (Å²) in [5.41, 5.74) is -0.363. The topological polar surface area (TPSA) is 48.1 Å². The molecule has 2 fully saturated rings. The molecule has 0 N–H and O–H groups in total. The van der Waals surface area contributed by atoms with Crippen LogP contribution in [0.3, 0.4) is 0 Å². The molecule has 1 unspecified atom stereocenters. The van der Waals surface area contributed by atoms with Crippen LogP contribution >= 0.6 is 0 Å². The third kappa shape index (κ3) is 1.74. The number of rotatable bonds is 4. The van der Waals surface area contributed by atoms with Crippen molar-refractivity contribution in [3.8, 4) is 5.75 Å². The van der Waals surface area contributed by atoms with E-state index in [1.54, 1.807) is 7.11 Å². The first-order valence-electron chi connectivity index (χ1n) is 7.20. The number of esters is 1. The Morgan fingerprint density at radius 2 is 1.90 bits per heavy atom. The summed E-state index contributed by atoms with van der Waals surface area (Å²) in [6.07, 6.45) is 4.07. The van der Waals surface area contributed by atoms with E-state index in [1.165, 1.54) is 0 Å². The van der Waals surface area contributed by atoms with E-state index >= 15 is 0 Å².